The molecule has 0 saturated carbocycles. The molecule has 1 aliphatic rings. The molecule has 8 rings (SSSR count). The maximum atomic E-state index is 5.75. The molecule has 59 heavy (non-hydrogen) atoms. The lowest BCUT2D eigenvalue weighted by Gasteiger charge is -2.10. The van der Waals surface area contributed by atoms with Gasteiger partial charge in [-0.3, -0.25) is 0 Å². The average molecular weight is 751 g/mol. The van der Waals surface area contributed by atoms with Crippen molar-refractivity contribution in [2.75, 3.05) is 13.2 Å². The van der Waals surface area contributed by atoms with Gasteiger partial charge in [-0.25, -0.2) is 0 Å². The third-order valence-electron chi connectivity index (χ3n) is 9.25. The van der Waals surface area contributed by atoms with Gasteiger partial charge in [0.15, 0.2) is 6.29 Å². The van der Waals surface area contributed by atoms with Gasteiger partial charge >= 0.3 is 0 Å². The second-order valence-corrected chi connectivity index (χ2v) is 13.3. The lowest BCUT2D eigenvalue weighted by atomic mass is 10.0. The van der Waals surface area contributed by atoms with E-state index >= 15 is 0 Å². The quantitative estimate of drug-likeness (QED) is 0.156. The molecule has 274 valence electrons. The summed E-state index contributed by atoms with van der Waals surface area (Å²) in [6.45, 7) is 1.15. The standard InChI is InChI=1S/C57H34O2/c1-2-16-44(17-3-1)30-31-45-18-4-5-19-46(45)32-33-47-20-6-7-21-48(47)34-35-49-22-8-9-23-50(49)36-37-51-24-10-11-25-52(51)38-39-53-26-12-13-27-54(53)40-41-55-28-14-15-29-56(55)57-58-42-43-59-57/h1-29,57H,42-43H2. The van der Waals surface area contributed by atoms with Gasteiger partial charge in [0.25, 0.3) is 0 Å². The van der Waals surface area contributed by atoms with E-state index in [-0.39, 0.29) is 0 Å². The highest BCUT2D eigenvalue weighted by molar-refractivity contribution is 5.62. The molecule has 2 heteroatoms. The summed E-state index contributed by atoms with van der Waals surface area (Å²) in [5.74, 6) is 40.1. The Hall–Kier alpha value is -8.18. The average Bonchev–Trinajstić information content (AvgIpc) is 3.84. The van der Waals surface area contributed by atoms with Crippen molar-refractivity contribution in [3.63, 3.8) is 0 Å². The maximum absolute atomic E-state index is 5.75. The van der Waals surface area contributed by atoms with Crippen molar-refractivity contribution in [2.24, 2.45) is 0 Å². The predicted octanol–water partition coefficient (Wildman–Crippen LogP) is 10.1. The van der Waals surface area contributed by atoms with Crippen LogP contribution in [0, 0.1) is 71.0 Å². The van der Waals surface area contributed by atoms with Gasteiger partial charge < -0.3 is 9.47 Å². The number of benzene rings is 7. The van der Waals surface area contributed by atoms with Crippen LogP contribution in [-0.4, -0.2) is 13.2 Å². The lowest BCUT2D eigenvalue weighted by molar-refractivity contribution is -0.0442. The number of rotatable bonds is 1. The minimum Gasteiger partial charge on any atom is -0.346 e. The van der Waals surface area contributed by atoms with Gasteiger partial charge in [-0.1, -0.05) is 168 Å². The van der Waals surface area contributed by atoms with Gasteiger partial charge in [0.1, 0.15) is 0 Å². The van der Waals surface area contributed by atoms with Crippen molar-refractivity contribution >= 4 is 0 Å². The van der Waals surface area contributed by atoms with Crippen LogP contribution >= 0.6 is 0 Å². The Morgan fingerprint density at radius 1 is 0.254 bits per heavy atom. The van der Waals surface area contributed by atoms with E-state index in [1.54, 1.807) is 0 Å². The molecule has 0 aromatic heterocycles. The zero-order valence-electron chi connectivity index (χ0n) is 32.1. The second kappa shape index (κ2) is 19.1. The normalized spacial score (nSPS) is 11.3. The van der Waals surface area contributed by atoms with E-state index in [4.69, 9.17) is 9.47 Å². The van der Waals surface area contributed by atoms with Crippen LogP contribution in [0.15, 0.2) is 176 Å². The largest absolute Gasteiger partial charge is 0.346 e. The number of hydrogen-bond donors (Lipinski definition) is 0. The molecule has 0 spiro atoms. The van der Waals surface area contributed by atoms with Gasteiger partial charge in [-0.05, 0) is 78.9 Å². The molecule has 0 N–H and O–H groups in total. The maximum Gasteiger partial charge on any atom is 0.185 e. The van der Waals surface area contributed by atoms with Crippen LogP contribution in [0.3, 0.4) is 0 Å². The molecular weight excluding hydrogens is 717 g/mol. The minimum absolute atomic E-state index is 0.393. The highest BCUT2D eigenvalue weighted by Gasteiger charge is 2.20. The van der Waals surface area contributed by atoms with E-state index in [0.29, 0.717) is 13.2 Å². The molecule has 1 aliphatic heterocycles. The minimum atomic E-state index is -0.393. The third-order valence-corrected chi connectivity index (χ3v) is 9.25. The van der Waals surface area contributed by atoms with E-state index in [0.717, 1.165) is 72.3 Å². The predicted molar refractivity (Wildman–Crippen MR) is 236 cm³/mol. The fraction of sp³-hybridized carbons (Fsp3) is 0.0526. The molecular formula is C57H34O2. The second-order valence-electron chi connectivity index (χ2n) is 13.3. The SMILES string of the molecule is C(#Cc1ccccc1C#Cc1ccccc1C#Cc1ccccc1C#Cc1ccccc1C#Cc1ccccc1C#Cc1ccccc1C1OCCO1)c1ccccc1. The summed E-state index contributed by atoms with van der Waals surface area (Å²) in [7, 11) is 0. The van der Waals surface area contributed by atoms with Crippen LogP contribution in [0.2, 0.25) is 0 Å². The van der Waals surface area contributed by atoms with Gasteiger partial charge in [-0.2, -0.15) is 0 Å². The summed E-state index contributed by atoms with van der Waals surface area (Å²) < 4.78 is 11.5. The zero-order valence-corrected chi connectivity index (χ0v) is 32.1. The van der Waals surface area contributed by atoms with E-state index in [1.165, 1.54) is 0 Å². The highest BCUT2D eigenvalue weighted by Crippen LogP contribution is 2.26. The van der Waals surface area contributed by atoms with E-state index in [2.05, 4.69) is 71.0 Å². The topological polar surface area (TPSA) is 18.5 Å². The Labute approximate surface area is 346 Å². The fourth-order valence-corrected chi connectivity index (χ4v) is 6.19. The molecule has 0 radical (unpaired) electrons. The molecule has 0 atom stereocenters. The van der Waals surface area contributed by atoms with Crippen LogP contribution in [0.5, 0.6) is 0 Å². The Balaban J connectivity index is 1.03. The summed E-state index contributed by atoms with van der Waals surface area (Å²) in [5, 5.41) is 0. The zero-order chi connectivity index (χ0) is 39.9. The van der Waals surface area contributed by atoms with Crippen LogP contribution < -0.4 is 0 Å². The molecule has 1 fully saturated rings. The first kappa shape index (κ1) is 37.7. The lowest BCUT2D eigenvalue weighted by Crippen LogP contribution is -2.00. The Bertz CT molecular complexity index is 3040. The van der Waals surface area contributed by atoms with E-state index in [1.807, 2.05) is 176 Å². The molecule has 0 unspecified atom stereocenters. The summed E-state index contributed by atoms with van der Waals surface area (Å²) >= 11 is 0. The first-order chi connectivity index (χ1) is 29.3. The molecule has 0 aliphatic carbocycles. The summed E-state index contributed by atoms with van der Waals surface area (Å²) in [5.41, 5.74) is 11.2. The molecule has 2 nitrogen and oxygen atoms in total. The van der Waals surface area contributed by atoms with Crippen molar-refractivity contribution in [3.05, 3.63) is 248 Å². The number of ether oxygens (including phenoxy) is 2. The van der Waals surface area contributed by atoms with E-state index < -0.39 is 6.29 Å². The van der Waals surface area contributed by atoms with Crippen molar-refractivity contribution in [1.82, 2.24) is 0 Å². The molecule has 1 heterocycles. The fourth-order valence-electron chi connectivity index (χ4n) is 6.19. The van der Waals surface area contributed by atoms with Crippen molar-refractivity contribution in [2.45, 2.75) is 6.29 Å². The van der Waals surface area contributed by atoms with Gasteiger partial charge in [0, 0.05) is 72.3 Å². The van der Waals surface area contributed by atoms with Crippen molar-refractivity contribution in [1.29, 1.82) is 0 Å². The van der Waals surface area contributed by atoms with Gasteiger partial charge in [0.2, 0.25) is 0 Å². The first-order valence-electron chi connectivity index (χ1n) is 19.2. The van der Waals surface area contributed by atoms with Crippen LogP contribution in [0.1, 0.15) is 78.6 Å². The first-order valence-corrected chi connectivity index (χ1v) is 19.2. The molecule has 7 aromatic carbocycles. The Kier molecular flexibility index (Phi) is 12.2. The van der Waals surface area contributed by atoms with Crippen LogP contribution in [-0.2, 0) is 9.47 Å². The Morgan fingerprint density at radius 3 is 0.814 bits per heavy atom. The smallest absolute Gasteiger partial charge is 0.185 e. The van der Waals surface area contributed by atoms with Crippen molar-refractivity contribution in [3.8, 4) is 71.0 Å². The Morgan fingerprint density at radius 2 is 0.492 bits per heavy atom. The molecule has 1 saturated heterocycles. The monoisotopic (exact) mass is 750 g/mol. The summed E-state index contributed by atoms with van der Waals surface area (Å²) in [6.07, 6.45) is -0.393. The van der Waals surface area contributed by atoms with Gasteiger partial charge in [0.05, 0.1) is 13.2 Å². The van der Waals surface area contributed by atoms with Crippen molar-refractivity contribution < 1.29 is 9.47 Å². The summed E-state index contributed by atoms with van der Waals surface area (Å²) in [6, 6.07) is 57.5. The summed E-state index contributed by atoms with van der Waals surface area (Å²) in [4.78, 5) is 0. The highest BCUT2D eigenvalue weighted by atomic mass is 16.7. The molecule has 7 aromatic rings. The molecule has 0 bridgehead atoms. The van der Waals surface area contributed by atoms with E-state index in [9.17, 15) is 0 Å². The van der Waals surface area contributed by atoms with Crippen LogP contribution in [0.25, 0.3) is 0 Å². The number of hydrogen-bond acceptors (Lipinski definition) is 2. The third kappa shape index (κ3) is 9.98. The van der Waals surface area contributed by atoms with Crippen LogP contribution in [0.4, 0.5) is 0 Å². The molecule has 0 amide bonds. The van der Waals surface area contributed by atoms with Gasteiger partial charge in [-0.15, -0.1) is 0 Å².